The van der Waals surface area contributed by atoms with E-state index in [9.17, 15) is 0 Å². The molecule has 1 aliphatic heterocycles. The van der Waals surface area contributed by atoms with Crippen molar-refractivity contribution in [2.75, 3.05) is 5.73 Å². The van der Waals surface area contributed by atoms with E-state index in [0.717, 1.165) is 22.6 Å². The van der Waals surface area contributed by atoms with Crippen LogP contribution in [0.2, 0.25) is 0 Å². The molecular formula is C15H16N2O. The highest BCUT2D eigenvalue weighted by Gasteiger charge is 2.01. The second kappa shape index (κ2) is 5.77. The van der Waals surface area contributed by atoms with Crippen LogP contribution < -0.4 is 16.1 Å². The summed E-state index contributed by atoms with van der Waals surface area (Å²) in [6.45, 7) is 2.00. The van der Waals surface area contributed by atoms with Gasteiger partial charge in [0.15, 0.2) is 5.75 Å². The first-order chi connectivity index (χ1) is 8.77. The molecule has 0 saturated carbocycles. The molecule has 0 saturated heterocycles. The Morgan fingerprint density at radius 3 is 2.39 bits per heavy atom. The number of hydrogen-bond acceptors (Lipinski definition) is 3. The second-order valence-electron chi connectivity index (χ2n) is 3.95. The van der Waals surface area contributed by atoms with Crippen LogP contribution in [0.1, 0.15) is 11.1 Å². The van der Waals surface area contributed by atoms with Gasteiger partial charge in [-0.05, 0) is 30.7 Å². The number of rotatable bonds is 0. The Bertz CT molecular complexity index is 529. The van der Waals surface area contributed by atoms with Crippen molar-refractivity contribution in [3.05, 3.63) is 65.9 Å². The van der Waals surface area contributed by atoms with Crippen LogP contribution in [0.25, 0.3) is 6.08 Å². The lowest BCUT2D eigenvalue weighted by atomic mass is 10.2. The van der Waals surface area contributed by atoms with Crippen LogP contribution in [0.4, 0.5) is 5.69 Å². The summed E-state index contributed by atoms with van der Waals surface area (Å²) in [5, 5.41) is 0. The Hall–Kier alpha value is -2.42. The van der Waals surface area contributed by atoms with E-state index in [1.165, 1.54) is 0 Å². The first-order valence-corrected chi connectivity index (χ1v) is 5.76. The molecule has 0 amide bonds. The predicted octanol–water partition coefficient (Wildman–Crippen LogP) is 3.13. The Morgan fingerprint density at radius 2 is 1.72 bits per heavy atom. The van der Waals surface area contributed by atoms with E-state index in [2.05, 4.69) is 5.48 Å². The number of nitrogens with one attached hydrogen (secondary N) is 1. The molecule has 2 aromatic rings. The topological polar surface area (TPSA) is 47.3 Å². The van der Waals surface area contributed by atoms with Crippen LogP contribution in [0.3, 0.4) is 0 Å². The molecule has 0 spiro atoms. The van der Waals surface area contributed by atoms with E-state index in [-0.39, 0.29) is 0 Å². The van der Waals surface area contributed by atoms with Gasteiger partial charge in [0.25, 0.3) is 0 Å². The lowest BCUT2D eigenvalue weighted by Gasteiger charge is -2.11. The summed E-state index contributed by atoms with van der Waals surface area (Å²) in [4.78, 5) is 5.09. The normalized spacial score (nSPS) is 11.4. The van der Waals surface area contributed by atoms with Gasteiger partial charge in [-0.1, -0.05) is 36.4 Å². The molecule has 1 heterocycles. The molecule has 18 heavy (non-hydrogen) atoms. The molecule has 0 unspecified atom stereocenters. The Kier molecular flexibility index (Phi) is 3.86. The summed E-state index contributed by atoms with van der Waals surface area (Å²) < 4.78 is 0. The Morgan fingerprint density at radius 1 is 1.00 bits per heavy atom. The summed E-state index contributed by atoms with van der Waals surface area (Å²) >= 11 is 0. The van der Waals surface area contributed by atoms with Crippen LogP contribution in [0.5, 0.6) is 5.75 Å². The molecule has 2 aromatic carbocycles. The number of aryl methyl sites for hydroxylation is 1. The number of benzene rings is 2. The van der Waals surface area contributed by atoms with Crippen molar-refractivity contribution in [1.29, 1.82) is 0 Å². The van der Waals surface area contributed by atoms with Crippen molar-refractivity contribution in [1.82, 2.24) is 5.48 Å². The molecule has 0 radical (unpaired) electrons. The highest BCUT2D eigenvalue weighted by molar-refractivity contribution is 5.58. The standard InChI is InChI=1S/C8H7NO.C7H9N/c1-2-4-8-7(3-1)5-6-9-10-8;1-6-4-2-3-5-7(6)8/h1-6,9H;2-5H,8H2,1H3. The molecular weight excluding hydrogens is 224 g/mol. The van der Waals surface area contributed by atoms with Gasteiger partial charge in [0.2, 0.25) is 0 Å². The van der Waals surface area contributed by atoms with Gasteiger partial charge in [0.05, 0.1) is 0 Å². The molecule has 0 bridgehead atoms. The number of nitrogen functional groups attached to an aromatic ring is 1. The monoisotopic (exact) mass is 240 g/mol. The van der Waals surface area contributed by atoms with Crippen molar-refractivity contribution >= 4 is 11.8 Å². The maximum Gasteiger partial charge on any atom is 0.162 e. The van der Waals surface area contributed by atoms with Gasteiger partial charge in [0.1, 0.15) is 0 Å². The highest BCUT2D eigenvalue weighted by atomic mass is 16.6. The smallest absolute Gasteiger partial charge is 0.162 e. The van der Waals surface area contributed by atoms with Gasteiger partial charge >= 0.3 is 0 Å². The fourth-order valence-corrected chi connectivity index (χ4v) is 1.52. The van der Waals surface area contributed by atoms with Crippen molar-refractivity contribution in [3.8, 4) is 5.75 Å². The van der Waals surface area contributed by atoms with Gasteiger partial charge in [-0.25, -0.2) is 5.48 Å². The summed E-state index contributed by atoms with van der Waals surface area (Å²) in [6, 6.07) is 15.7. The van der Waals surface area contributed by atoms with Gasteiger partial charge < -0.3 is 10.6 Å². The van der Waals surface area contributed by atoms with E-state index in [1.807, 2.05) is 61.5 Å². The molecule has 0 aliphatic carbocycles. The quantitative estimate of drug-likeness (QED) is 0.695. The molecule has 92 valence electrons. The highest BCUT2D eigenvalue weighted by Crippen LogP contribution is 2.20. The molecule has 0 fully saturated rings. The molecule has 1 aliphatic rings. The Labute approximate surface area is 107 Å². The third-order valence-corrected chi connectivity index (χ3v) is 2.61. The maximum absolute atomic E-state index is 5.52. The number of hydrogen-bond donors (Lipinski definition) is 2. The zero-order valence-corrected chi connectivity index (χ0v) is 10.3. The number of fused-ring (bicyclic) bond motifs is 1. The minimum Gasteiger partial charge on any atom is -0.399 e. The van der Waals surface area contributed by atoms with Crippen molar-refractivity contribution in [3.63, 3.8) is 0 Å². The molecule has 0 aromatic heterocycles. The van der Waals surface area contributed by atoms with Gasteiger partial charge in [-0.2, -0.15) is 0 Å². The first kappa shape index (κ1) is 12.0. The minimum atomic E-state index is 0.868. The van der Waals surface area contributed by atoms with E-state index in [1.54, 1.807) is 6.20 Å². The Balaban J connectivity index is 0.000000138. The SMILES string of the molecule is C1=Cc2ccccc2ON1.Cc1ccccc1N. The average Bonchev–Trinajstić information content (AvgIpc) is 2.43. The molecule has 3 N–H and O–H groups in total. The van der Waals surface area contributed by atoms with Gasteiger partial charge in [-0.15, -0.1) is 0 Å². The van der Waals surface area contributed by atoms with Gasteiger partial charge in [-0.3, -0.25) is 0 Å². The number of nitrogens with two attached hydrogens (primary N) is 1. The molecule has 3 rings (SSSR count). The third kappa shape index (κ3) is 3.04. The summed E-state index contributed by atoms with van der Waals surface area (Å²) in [7, 11) is 0. The predicted molar refractivity (Wildman–Crippen MR) is 74.8 cm³/mol. The maximum atomic E-state index is 5.52. The van der Waals surface area contributed by atoms with Crippen LogP contribution >= 0.6 is 0 Å². The van der Waals surface area contributed by atoms with E-state index in [4.69, 9.17) is 10.6 Å². The fourth-order valence-electron chi connectivity index (χ4n) is 1.52. The second-order valence-corrected chi connectivity index (χ2v) is 3.95. The molecule has 3 heteroatoms. The average molecular weight is 240 g/mol. The fraction of sp³-hybridized carbons (Fsp3) is 0.0667. The van der Waals surface area contributed by atoms with E-state index in [0.29, 0.717) is 0 Å². The van der Waals surface area contributed by atoms with E-state index >= 15 is 0 Å². The van der Waals surface area contributed by atoms with Crippen molar-refractivity contribution in [2.24, 2.45) is 0 Å². The number of hydroxylamine groups is 1. The molecule has 3 nitrogen and oxygen atoms in total. The number of para-hydroxylation sites is 2. The van der Waals surface area contributed by atoms with Crippen LogP contribution in [0.15, 0.2) is 54.7 Å². The van der Waals surface area contributed by atoms with Crippen LogP contribution in [0, 0.1) is 6.92 Å². The van der Waals surface area contributed by atoms with Gasteiger partial charge in [0, 0.05) is 17.5 Å². The lowest BCUT2D eigenvalue weighted by molar-refractivity contribution is 0.239. The minimum absolute atomic E-state index is 0.868. The summed E-state index contributed by atoms with van der Waals surface area (Å²) in [5.41, 5.74) is 11.3. The van der Waals surface area contributed by atoms with Crippen LogP contribution in [-0.2, 0) is 0 Å². The summed E-state index contributed by atoms with van der Waals surface area (Å²) in [6.07, 6.45) is 3.74. The molecule has 0 atom stereocenters. The van der Waals surface area contributed by atoms with E-state index < -0.39 is 0 Å². The summed E-state index contributed by atoms with van der Waals surface area (Å²) in [5.74, 6) is 0.880. The van der Waals surface area contributed by atoms with Crippen molar-refractivity contribution < 1.29 is 4.84 Å². The lowest BCUT2D eigenvalue weighted by Crippen LogP contribution is -2.13. The largest absolute Gasteiger partial charge is 0.399 e. The zero-order valence-electron chi connectivity index (χ0n) is 10.3. The zero-order chi connectivity index (χ0) is 12.8. The number of anilines is 1. The van der Waals surface area contributed by atoms with Crippen LogP contribution in [-0.4, -0.2) is 0 Å². The third-order valence-electron chi connectivity index (χ3n) is 2.61. The van der Waals surface area contributed by atoms with Crippen molar-refractivity contribution in [2.45, 2.75) is 6.92 Å². The first-order valence-electron chi connectivity index (χ1n) is 5.76.